The van der Waals surface area contributed by atoms with Crippen molar-refractivity contribution in [3.05, 3.63) is 23.8 Å². The van der Waals surface area contributed by atoms with Gasteiger partial charge in [0.05, 0.1) is 18.1 Å². The maximum atomic E-state index is 12.6. The van der Waals surface area contributed by atoms with Crippen LogP contribution in [-0.2, 0) is 14.8 Å². The van der Waals surface area contributed by atoms with E-state index in [4.69, 9.17) is 9.84 Å². The predicted octanol–water partition coefficient (Wildman–Crippen LogP) is 0.212. The summed E-state index contributed by atoms with van der Waals surface area (Å²) in [6.07, 6.45) is -1.08. The lowest BCUT2D eigenvalue weighted by atomic mass is 10.2. The van der Waals surface area contributed by atoms with Crippen LogP contribution in [0.15, 0.2) is 23.1 Å². The van der Waals surface area contributed by atoms with Gasteiger partial charge in [-0.25, -0.2) is 8.42 Å². The van der Waals surface area contributed by atoms with E-state index in [1.54, 1.807) is 6.92 Å². The molecule has 1 aromatic rings. The van der Waals surface area contributed by atoms with Crippen molar-refractivity contribution in [2.75, 3.05) is 13.7 Å². The number of ether oxygens (including phenoxy) is 1. The van der Waals surface area contributed by atoms with Gasteiger partial charge >= 0.3 is 5.97 Å². The quantitative estimate of drug-likeness (QED) is 0.823. The van der Waals surface area contributed by atoms with Crippen molar-refractivity contribution in [2.24, 2.45) is 0 Å². The molecule has 0 spiro atoms. The number of carbonyl (C=O) groups is 1. The summed E-state index contributed by atoms with van der Waals surface area (Å²) in [4.78, 5) is 11.2. The minimum atomic E-state index is -3.98. The minimum absolute atomic E-state index is 0.0128. The van der Waals surface area contributed by atoms with Gasteiger partial charge in [-0.1, -0.05) is 0 Å². The highest BCUT2D eigenvalue weighted by Crippen LogP contribution is 2.29. The van der Waals surface area contributed by atoms with Gasteiger partial charge in [-0.3, -0.25) is 4.79 Å². The lowest BCUT2D eigenvalue weighted by molar-refractivity contribution is -0.140. The SMILES string of the molecule is COc1ccc(S(=O)(=O)N2C[C@@H](O)C[C@H]2C(=O)O)cc1C. The number of sulfonamides is 1. The van der Waals surface area contributed by atoms with Crippen LogP contribution in [0.25, 0.3) is 0 Å². The van der Waals surface area contributed by atoms with Gasteiger partial charge in [0.15, 0.2) is 0 Å². The number of nitrogens with zero attached hydrogens (tertiary/aromatic N) is 1. The van der Waals surface area contributed by atoms with E-state index < -0.39 is 28.1 Å². The Hall–Kier alpha value is -1.64. The number of hydrogen-bond donors (Lipinski definition) is 2. The molecular formula is C13H17NO6S. The summed E-state index contributed by atoms with van der Waals surface area (Å²) in [6, 6.07) is 3.07. The van der Waals surface area contributed by atoms with Gasteiger partial charge in [0.25, 0.3) is 0 Å². The summed E-state index contributed by atoms with van der Waals surface area (Å²) in [7, 11) is -2.50. The lowest BCUT2D eigenvalue weighted by Gasteiger charge is -2.21. The largest absolute Gasteiger partial charge is 0.496 e. The van der Waals surface area contributed by atoms with Crippen molar-refractivity contribution in [3.8, 4) is 5.75 Å². The van der Waals surface area contributed by atoms with E-state index in [2.05, 4.69) is 0 Å². The lowest BCUT2D eigenvalue weighted by Crippen LogP contribution is -2.40. The number of carboxylic acids is 1. The van der Waals surface area contributed by atoms with E-state index in [-0.39, 0.29) is 17.9 Å². The molecule has 21 heavy (non-hydrogen) atoms. The Balaban J connectivity index is 2.42. The number of carboxylic acid groups (broad SMARTS) is 1. The second kappa shape index (κ2) is 5.63. The number of rotatable bonds is 4. The highest BCUT2D eigenvalue weighted by Gasteiger charge is 2.43. The molecule has 2 atom stereocenters. The topological polar surface area (TPSA) is 104 Å². The standard InChI is InChI=1S/C13H17NO6S/c1-8-5-10(3-4-12(8)20-2)21(18,19)14-7-9(15)6-11(14)13(16)17/h3-5,9,11,15H,6-7H2,1-2H3,(H,16,17)/t9-,11-/m0/s1. The number of benzene rings is 1. The van der Waals surface area contributed by atoms with Crippen molar-refractivity contribution in [2.45, 2.75) is 30.4 Å². The molecule has 0 saturated carbocycles. The number of hydrogen-bond acceptors (Lipinski definition) is 5. The van der Waals surface area contributed by atoms with Crippen molar-refractivity contribution in [1.82, 2.24) is 4.31 Å². The molecule has 1 heterocycles. The van der Waals surface area contributed by atoms with Crippen LogP contribution in [0.1, 0.15) is 12.0 Å². The molecule has 7 nitrogen and oxygen atoms in total. The molecule has 0 bridgehead atoms. The number of aliphatic carboxylic acids is 1. The minimum Gasteiger partial charge on any atom is -0.496 e. The Labute approximate surface area is 122 Å². The molecule has 1 aromatic carbocycles. The first-order chi connectivity index (χ1) is 9.77. The van der Waals surface area contributed by atoms with Crippen LogP contribution >= 0.6 is 0 Å². The second-order valence-electron chi connectivity index (χ2n) is 4.95. The average molecular weight is 315 g/mol. The van der Waals surface area contributed by atoms with Gasteiger partial charge in [-0.2, -0.15) is 4.31 Å². The molecule has 0 aliphatic carbocycles. The fraction of sp³-hybridized carbons (Fsp3) is 0.462. The molecule has 1 fully saturated rings. The maximum Gasteiger partial charge on any atom is 0.322 e. The Morgan fingerprint density at radius 2 is 2.10 bits per heavy atom. The molecule has 0 radical (unpaired) electrons. The summed E-state index contributed by atoms with van der Waals surface area (Å²) in [5.41, 5.74) is 0.630. The van der Waals surface area contributed by atoms with E-state index in [1.165, 1.54) is 25.3 Å². The van der Waals surface area contributed by atoms with E-state index in [1.807, 2.05) is 0 Å². The average Bonchev–Trinajstić information content (AvgIpc) is 2.81. The smallest absolute Gasteiger partial charge is 0.322 e. The number of aliphatic hydroxyl groups excluding tert-OH is 1. The molecule has 1 aliphatic rings. The zero-order valence-corrected chi connectivity index (χ0v) is 12.5. The highest BCUT2D eigenvalue weighted by atomic mass is 32.2. The Bertz CT molecular complexity index is 657. The molecule has 0 aromatic heterocycles. The van der Waals surface area contributed by atoms with Crippen molar-refractivity contribution in [1.29, 1.82) is 0 Å². The maximum absolute atomic E-state index is 12.6. The van der Waals surface area contributed by atoms with Gasteiger partial charge in [0, 0.05) is 13.0 Å². The van der Waals surface area contributed by atoms with E-state index in [9.17, 15) is 18.3 Å². The van der Waals surface area contributed by atoms with Gasteiger partial charge in [-0.05, 0) is 30.7 Å². The molecule has 2 N–H and O–H groups in total. The molecular weight excluding hydrogens is 298 g/mol. The zero-order valence-electron chi connectivity index (χ0n) is 11.7. The molecule has 116 valence electrons. The van der Waals surface area contributed by atoms with Crippen LogP contribution in [0.5, 0.6) is 5.75 Å². The zero-order chi connectivity index (χ0) is 15.8. The van der Waals surface area contributed by atoms with E-state index in [0.717, 1.165) is 4.31 Å². The van der Waals surface area contributed by atoms with Crippen molar-refractivity contribution < 1.29 is 28.2 Å². The number of β-amino-alcohol motifs (C(OH)–C–C–N with tert-alkyl or cyclic N) is 1. The Kier molecular flexibility index (Phi) is 4.22. The van der Waals surface area contributed by atoms with Gasteiger partial charge in [-0.15, -0.1) is 0 Å². The molecule has 0 unspecified atom stereocenters. The molecule has 2 rings (SSSR count). The number of aryl methyl sites for hydroxylation is 1. The van der Waals surface area contributed by atoms with Gasteiger partial charge in [0.1, 0.15) is 11.8 Å². The fourth-order valence-electron chi connectivity index (χ4n) is 2.42. The Morgan fingerprint density at radius 1 is 1.43 bits per heavy atom. The first-order valence-corrected chi connectivity index (χ1v) is 7.78. The molecule has 1 aliphatic heterocycles. The first-order valence-electron chi connectivity index (χ1n) is 6.34. The summed E-state index contributed by atoms with van der Waals surface area (Å²) in [5, 5.41) is 18.7. The third-order valence-electron chi connectivity index (χ3n) is 3.49. The van der Waals surface area contributed by atoms with Gasteiger partial charge < -0.3 is 14.9 Å². The van der Waals surface area contributed by atoms with Crippen LogP contribution in [0.2, 0.25) is 0 Å². The van der Waals surface area contributed by atoms with Crippen LogP contribution in [0, 0.1) is 6.92 Å². The monoisotopic (exact) mass is 315 g/mol. The normalized spacial score (nSPS) is 23.2. The first kappa shape index (κ1) is 15.7. The van der Waals surface area contributed by atoms with Crippen molar-refractivity contribution >= 4 is 16.0 Å². The van der Waals surface area contributed by atoms with Crippen LogP contribution < -0.4 is 4.74 Å². The van der Waals surface area contributed by atoms with Crippen LogP contribution in [-0.4, -0.2) is 54.7 Å². The molecule has 0 amide bonds. The summed E-state index contributed by atoms with van der Waals surface area (Å²) >= 11 is 0. The summed E-state index contributed by atoms with van der Waals surface area (Å²) in [5.74, 6) is -0.717. The molecule has 8 heteroatoms. The highest BCUT2D eigenvalue weighted by molar-refractivity contribution is 7.89. The van der Waals surface area contributed by atoms with Crippen LogP contribution in [0.4, 0.5) is 0 Å². The fourth-order valence-corrected chi connectivity index (χ4v) is 4.14. The number of methoxy groups -OCH3 is 1. The number of aliphatic hydroxyl groups is 1. The van der Waals surface area contributed by atoms with E-state index in [0.29, 0.717) is 11.3 Å². The third-order valence-corrected chi connectivity index (χ3v) is 5.36. The second-order valence-corrected chi connectivity index (χ2v) is 6.84. The summed E-state index contributed by atoms with van der Waals surface area (Å²) < 4.78 is 31.0. The predicted molar refractivity (Wildman–Crippen MR) is 73.7 cm³/mol. The molecule has 1 saturated heterocycles. The third kappa shape index (κ3) is 2.87. The summed E-state index contributed by atoms with van der Waals surface area (Å²) in [6.45, 7) is 1.48. The van der Waals surface area contributed by atoms with Crippen LogP contribution in [0.3, 0.4) is 0 Å². The van der Waals surface area contributed by atoms with Crippen molar-refractivity contribution in [3.63, 3.8) is 0 Å². The van der Waals surface area contributed by atoms with E-state index >= 15 is 0 Å². The van der Waals surface area contributed by atoms with Gasteiger partial charge in [0.2, 0.25) is 10.0 Å². The Morgan fingerprint density at radius 3 is 2.62 bits per heavy atom.